The van der Waals surface area contributed by atoms with Crippen LogP contribution < -0.4 is 5.73 Å². The summed E-state index contributed by atoms with van der Waals surface area (Å²) < 4.78 is 49.6. The van der Waals surface area contributed by atoms with Gasteiger partial charge in [-0.2, -0.15) is 13.2 Å². The predicted octanol–water partition coefficient (Wildman–Crippen LogP) is 2.81. The van der Waals surface area contributed by atoms with E-state index >= 15 is 0 Å². The van der Waals surface area contributed by atoms with Gasteiger partial charge in [0.15, 0.2) is 0 Å². The van der Waals surface area contributed by atoms with Crippen LogP contribution in [0.4, 0.5) is 17.6 Å². The molecule has 84 valence electrons. The number of alkyl halides is 3. The first-order valence-electron chi connectivity index (χ1n) is 4.12. The number of thioether (sulfide) groups is 1. The first kappa shape index (κ1) is 12.3. The van der Waals surface area contributed by atoms with Gasteiger partial charge in [0.25, 0.3) is 0 Å². The molecule has 0 bridgehead atoms. The zero-order valence-corrected chi connectivity index (χ0v) is 8.41. The molecule has 0 aromatic heterocycles. The molecular weight excluding hydrogens is 230 g/mol. The number of nitrogens with two attached hydrogens (primary N) is 1. The van der Waals surface area contributed by atoms with Crippen molar-refractivity contribution >= 4 is 11.8 Å². The minimum Gasteiger partial charge on any atom is -0.329 e. The fourth-order valence-electron chi connectivity index (χ4n) is 0.953. The van der Waals surface area contributed by atoms with Gasteiger partial charge in [-0.05, 0) is 18.2 Å². The zero-order valence-electron chi connectivity index (χ0n) is 7.59. The van der Waals surface area contributed by atoms with Crippen molar-refractivity contribution < 1.29 is 17.6 Å². The third-order valence-electron chi connectivity index (χ3n) is 1.65. The van der Waals surface area contributed by atoms with Crippen molar-refractivity contribution in [1.82, 2.24) is 0 Å². The lowest BCUT2D eigenvalue weighted by molar-refractivity contribution is -0.126. The molecule has 1 unspecified atom stereocenters. The fraction of sp³-hybridized carbons (Fsp3) is 0.333. The summed E-state index contributed by atoms with van der Waals surface area (Å²) in [5.41, 5.74) is 5.01. The van der Waals surface area contributed by atoms with Crippen LogP contribution in [0.5, 0.6) is 0 Å². The number of halogens is 4. The molecule has 0 radical (unpaired) electrons. The highest BCUT2D eigenvalue weighted by molar-refractivity contribution is 8.00. The quantitative estimate of drug-likeness (QED) is 0.648. The Labute approximate surface area is 88.7 Å². The van der Waals surface area contributed by atoms with Gasteiger partial charge in [0, 0.05) is 11.4 Å². The molecule has 0 spiro atoms. The Morgan fingerprint density at radius 2 is 2.00 bits per heavy atom. The van der Waals surface area contributed by atoms with Crippen molar-refractivity contribution in [2.75, 3.05) is 6.54 Å². The molecule has 0 saturated heterocycles. The molecule has 0 heterocycles. The highest BCUT2D eigenvalue weighted by Crippen LogP contribution is 2.34. The van der Waals surface area contributed by atoms with Crippen molar-refractivity contribution in [2.45, 2.75) is 16.3 Å². The van der Waals surface area contributed by atoms with Crippen LogP contribution in [0.3, 0.4) is 0 Å². The van der Waals surface area contributed by atoms with Crippen LogP contribution in [-0.4, -0.2) is 18.0 Å². The van der Waals surface area contributed by atoms with Crippen molar-refractivity contribution in [2.24, 2.45) is 5.73 Å². The van der Waals surface area contributed by atoms with Crippen LogP contribution in [0.2, 0.25) is 0 Å². The van der Waals surface area contributed by atoms with Gasteiger partial charge in [0.2, 0.25) is 0 Å². The minimum absolute atomic E-state index is 0.225. The first-order valence-corrected chi connectivity index (χ1v) is 5.00. The smallest absolute Gasteiger partial charge is 0.329 e. The summed E-state index contributed by atoms with van der Waals surface area (Å²) in [6.45, 7) is -0.523. The lowest BCUT2D eigenvalue weighted by atomic mass is 10.3. The van der Waals surface area contributed by atoms with Gasteiger partial charge in [-0.15, -0.1) is 11.8 Å². The first-order chi connectivity index (χ1) is 6.93. The SMILES string of the molecule is NCC(Sc1cccc(F)c1)C(F)(F)F. The van der Waals surface area contributed by atoms with Crippen LogP contribution in [0.1, 0.15) is 0 Å². The normalized spacial score (nSPS) is 13.9. The van der Waals surface area contributed by atoms with Crippen LogP contribution in [0.25, 0.3) is 0 Å². The van der Waals surface area contributed by atoms with E-state index in [-0.39, 0.29) is 4.90 Å². The van der Waals surface area contributed by atoms with Crippen LogP contribution in [0, 0.1) is 5.82 Å². The van der Waals surface area contributed by atoms with Crippen molar-refractivity contribution in [3.63, 3.8) is 0 Å². The molecule has 1 aromatic carbocycles. The second-order valence-corrected chi connectivity index (χ2v) is 4.12. The average molecular weight is 239 g/mol. The van der Waals surface area contributed by atoms with E-state index in [4.69, 9.17) is 5.73 Å². The molecule has 1 rings (SSSR count). The van der Waals surface area contributed by atoms with Gasteiger partial charge >= 0.3 is 6.18 Å². The Bertz CT molecular complexity index is 326. The van der Waals surface area contributed by atoms with Crippen molar-refractivity contribution in [3.05, 3.63) is 30.1 Å². The summed E-state index contributed by atoms with van der Waals surface area (Å²) in [6, 6.07) is 5.01. The van der Waals surface area contributed by atoms with Gasteiger partial charge in [0.1, 0.15) is 11.1 Å². The molecule has 1 aromatic rings. The summed E-state index contributed by atoms with van der Waals surface area (Å²) in [5, 5.41) is -1.70. The zero-order chi connectivity index (χ0) is 11.5. The highest BCUT2D eigenvalue weighted by Gasteiger charge is 2.39. The van der Waals surface area contributed by atoms with E-state index in [2.05, 4.69) is 0 Å². The van der Waals surface area contributed by atoms with E-state index in [0.29, 0.717) is 11.8 Å². The largest absolute Gasteiger partial charge is 0.402 e. The summed E-state index contributed by atoms with van der Waals surface area (Å²) in [7, 11) is 0. The van der Waals surface area contributed by atoms with Crippen molar-refractivity contribution in [1.29, 1.82) is 0 Å². The number of benzene rings is 1. The maximum Gasteiger partial charge on any atom is 0.402 e. The maximum atomic E-state index is 12.7. The molecule has 0 aliphatic carbocycles. The average Bonchev–Trinajstić information content (AvgIpc) is 2.12. The van der Waals surface area contributed by atoms with Crippen LogP contribution >= 0.6 is 11.8 Å². The van der Waals surface area contributed by atoms with Crippen LogP contribution in [-0.2, 0) is 0 Å². The molecule has 1 atom stereocenters. The van der Waals surface area contributed by atoms with E-state index in [9.17, 15) is 17.6 Å². The summed E-state index contributed by atoms with van der Waals surface area (Å²) >= 11 is 0.520. The molecule has 15 heavy (non-hydrogen) atoms. The Morgan fingerprint density at radius 3 is 2.47 bits per heavy atom. The van der Waals surface area contributed by atoms with Crippen molar-refractivity contribution in [3.8, 4) is 0 Å². The lowest BCUT2D eigenvalue weighted by Crippen LogP contribution is -2.32. The minimum atomic E-state index is -4.37. The molecule has 0 aliphatic heterocycles. The molecule has 2 N–H and O–H groups in total. The third kappa shape index (κ3) is 3.71. The van der Waals surface area contributed by atoms with E-state index < -0.39 is 23.8 Å². The Balaban J connectivity index is 2.76. The monoisotopic (exact) mass is 239 g/mol. The summed E-state index contributed by atoms with van der Waals surface area (Å²) in [5.74, 6) is -0.557. The highest BCUT2D eigenvalue weighted by atomic mass is 32.2. The number of rotatable bonds is 3. The molecule has 0 fully saturated rings. The Kier molecular flexibility index (Phi) is 3.98. The lowest BCUT2D eigenvalue weighted by Gasteiger charge is -2.17. The molecule has 0 amide bonds. The Morgan fingerprint density at radius 1 is 1.33 bits per heavy atom. The second kappa shape index (κ2) is 4.85. The van der Waals surface area contributed by atoms with E-state index in [1.54, 1.807) is 0 Å². The summed E-state index contributed by atoms with van der Waals surface area (Å²) in [4.78, 5) is 0.225. The predicted molar refractivity (Wildman–Crippen MR) is 51.2 cm³/mol. The molecule has 0 saturated carbocycles. The van der Waals surface area contributed by atoms with Gasteiger partial charge in [0.05, 0.1) is 0 Å². The van der Waals surface area contributed by atoms with Gasteiger partial charge in [-0.3, -0.25) is 0 Å². The molecule has 0 aliphatic rings. The fourth-order valence-corrected chi connectivity index (χ4v) is 1.85. The van der Waals surface area contributed by atoms with E-state index in [1.807, 2.05) is 0 Å². The molecule has 1 nitrogen and oxygen atoms in total. The Hall–Kier alpha value is -0.750. The van der Waals surface area contributed by atoms with E-state index in [0.717, 1.165) is 6.07 Å². The summed E-state index contributed by atoms with van der Waals surface area (Å²) in [6.07, 6.45) is -4.37. The second-order valence-electron chi connectivity index (χ2n) is 2.84. The van der Waals surface area contributed by atoms with Gasteiger partial charge in [-0.25, -0.2) is 4.39 Å². The molecule has 6 heteroatoms. The number of hydrogen-bond acceptors (Lipinski definition) is 2. The molecular formula is C9H9F4NS. The van der Waals surface area contributed by atoms with Crippen LogP contribution in [0.15, 0.2) is 29.2 Å². The third-order valence-corrected chi connectivity index (χ3v) is 2.92. The standard InChI is InChI=1S/C9H9F4NS/c10-6-2-1-3-7(4-6)15-8(5-14)9(11,12)13/h1-4,8H,5,14H2. The van der Waals surface area contributed by atoms with Gasteiger partial charge < -0.3 is 5.73 Å². The van der Waals surface area contributed by atoms with Gasteiger partial charge in [-0.1, -0.05) is 6.07 Å². The topological polar surface area (TPSA) is 26.0 Å². The number of hydrogen-bond donors (Lipinski definition) is 1. The maximum absolute atomic E-state index is 12.7. The van der Waals surface area contributed by atoms with E-state index in [1.165, 1.54) is 18.2 Å².